The number of morpholine rings is 1. The van der Waals surface area contributed by atoms with Crippen LogP contribution in [-0.2, 0) is 16.1 Å². The molecule has 3 atom stereocenters. The molecule has 1 aromatic rings. The van der Waals surface area contributed by atoms with Gasteiger partial charge in [-0.1, -0.05) is 12.5 Å². The molecule has 1 aromatic carbocycles. The van der Waals surface area contributed by atoms with Crippen molar-refractivity contribution >= 4 is 5.91 Å². The van der Waals surface area contributed by atoms with E-state index in [1.165, 1.54) is 31.2 Å². The predicted molar refractivity (Wildman–Crippen MR) is 107 cm³/mol. The minimum Gasteiger partial charge on any atom is -0.493 e. The summed E-state index contributed by atoms with van der Waals surface area (Å²) in [4.78, 5) is 14.0. The molecule has 28 heavy (non-hydrogen) atoms. The fourth-order valence-electron chi connectivity index (χ4n) is 5.01. The fourth-order valence-corrected chi connectivity index (χ4v) is 5.01. The van der Waals surface area contributed by atoms with Gasteiger partial charge in [0, 0.05) is 19.6 Å². The lowest BCUT2D eigenvalue weighted by Gasteiger charge is -2.26. The molecule has 2 aliphatic carbocycles. The second-order valence-electron chi connectivity index (χ2n) is 8.33. The van der Waals surface area contributed by atoms with Crippen molar-refractivity contribution < 1.29 is 19.0 Å². The average Bonchev–Trinajstić information content (AvgIpc) is 3.36. The number of hydrogen-bond donors (Lipinski definition) is 1. The number of carbonyl (C=O) groups excluding carboxylic acids is 1. The Hall–Kier alpha value is -1.79. The van der Waals surface area contributed by atoms with Crippen LogP contribution in [0.15, 0.2) is 18.2 Å². The van der Waals surface area contributed by atoms with Crippen LogP contribution in [-0.4, -0.2) is 57.4 Å². The molecule has 1 amide bonds. The Morgan fingerprint density at radius 2 is 2.07 bits per heavy atom. The van der Waals surface area contributed by atoms with Crippen molar-refractivity contribution in [2.45, 2.75) is 32.2 Å². The molecule has 3 aliphatic rings. The quantitative estimate of drug-likeness (QED) is 0.741. The van der Waals surface area contributed by atoms with Crippen molar-refractivity contribution in [3.8, 4) is 11.5 Å². The van der Waals surface area contributed by atoms with Gasteiger partial charge in [0.25, 0.3) is 5.91 Å². The van der Waals surface area contributed by atoms with Crippen molar-refractivity contribution in [2.24, 2.45) is 17.8 Å². The molecule has 0 spiro atoms. The Kier molecular flexibility index (Phi) is 6.37. The van der Waals surface area contributed by atoms with Gasteiger partial charge in [-0.15, -0.1) is 0 Å². The summed E-state index contributed by atoms with van der Waals surface area (Å²) >= 11 is 0. The first-order valence-corrected chi connectivity index (χ1v) is 10.6. The molecular formula is C22H32N2O4. The molecule has 2 bridgehead atoms. The summed E-state index contributed by atoms with van der Waals surface area (Å²) < 4.78 is 16.5. The summed E-state index contributed by atoms with van der Waals surface area (Å²) in [5.74, 6) is 4.08. The third-order valence-corrected chi connectivity index (χ3v) is 6.56. The molecule has 1 saturated heterocycles. The molecule has 2 saturated carbocycles. The van der Waals surface area contributed by atoms with E-state index in [0.717, 1.165) is 30.8 Å². The molecule has 1 aliphatic heterocycles. The number of carbonyl (C=O) groups is 1. The molecule has 6 heteroatoms. The third-order valence-electron chi connectivity index (χ3n) is 6.56. The Balaban J connectivity index is 1.25. The van der Waals surface area contributed by atoms with Crippen LogP contribution in [0.25, 0.3) is 0 Å². The topological polar surface area (TPSA) is 60.0 Å². The summed E-state index contributed by atoms with van der Waals surface area (Å²) in [5.41, 5.74) is 1.17. The largest absolute Gasteiger partial charge is 0.493 e. The summed E-state index contributed by atoms with van der Waals surface area (Å²) in [7, 11) is 1.64. The van der Waals surface area contributed by atoms with Crippen LogP contribution in [0, 0.1) is 17.8 Å². The highest BCUT2D eigenvalue weighted by atomic mass is 16.5. The van der Waals surface area contributed by atoms with Gasteiger partial charge in [0.15, 0.2) is 18.1 Å². The Morgan fingerprint density at radius 1 is 1.21 bits per heavy atom. The summed E-state index contributed by atoms with van der Waals surface area (Å²) in [5, 5.41) is 3.62. The van der Waals surface area contributed by atoms with Crippen molar-refractivity contribution in [3.05, 3.63) is 23.8 Å². The van der Waals surface area contributed by atoms with Crippen molar-refractivity contribution in [1.29, 1.82) is 0 Å². The first-order valence-electron chi connectivity index (χ1n) is 10.6. The van der Waals surface area contributed by atoms with E-state index in [1.807, 2.05) is 18.2 Å². The zero-order valence-corrected chi connectivity index (χ0v) is 16.8. The highest BCUT2D eigenvalue weighted by molar-refractivity contribution is 5.78. The van der Waals surface area contributed by atoms with Crippen molar-refractivity contribution in [2.75, 3.05) is 46.6 Å². The molecule has 154 valence electrons. The summed E-state index contributed by atoms with van der Waals surface area (Å²) in [6.45, 7) is 4.42. The van der Waals surface area contributed by atoms with Gasteiger partial charge in [-0.25, -0.2) is 0 Å². The van der Waals surface area contributed by atoms with Crippen LogP contribution in [0.2, 0.25) is 0 Å². The first kappa shape index (κ1) is 19.5. The predicted octanol–water partition coefficient (Wildman–Crippen LogP) is 2.46. The smallest absolute Gasteiger partial charge is 0.260 e. The monoisotopic (exact) mass is 388 g/mol. The molecule has 0 radical (unpaired) electrons. The van der Waals surface area contributed by atoms with Crippen molar-refractivity contribution in [1.82, 2.24) is 10.2 Å². The maximum Gasteiger partial charge on any atom is 0.260 e. The van der Waals surface area contributed by atoms with E-state index < -0.39 is 0 Å². The average molecular weight is 389 g/mol. The number of fused-ring (bicyclic) bond motifs is 2. The van der Waals surface area contributed by atoms with Gasteiger partial charge >= 0.3 is 0 Å². The number of ether oxygens (including phenoxy) is 3. The Labute approximate surface area is 167 Å². The SMILES string of the molecule is COc1cc(CNCC2CC3CCC2C3)ccc1OCC(=O)N1CCOCC1. The van der Waals surface area contributed by atoms with Crippen LogP contribution in [0.3, 0.4) is 0 Å². The molecule has 3 fully saturated rings. The van der Waals surface area contributed by atoms with Gasteiger partial charge in [-0.3, -0.25) is 4.79 Å². The number of nitrogens with one attached hydrogen (secondary N) is 1. The molecule has 3 unspecified atom stereocenters. The van der Waals surface area contributed by atoms with Gasteiger partial charge in [-0.05, 0) is 61.3 Å². The van der Waals surface area contributed by atoms with E-state index in [0.29, 0.717) is 37.8 Å². The maximum absolute atomic E-state index is 12.3. The van der Waals surface area contributed by atoms with Crippen LogP contribution in [0.1, 0.15) is 31.2 Å². The van der Waals surface area contributed by atoms with E-state index >= 15 is 0 Å². The van der Waals surface area contributed by atoms with E-state index in [-0.39, 0.29) is 12.5 Å². The van der Waals surface area contributed by atoms with E-state index in [9.17, 15) is 4.79 Å². The number of amides is 1. The van der Waals surface area contributed by atoms with Gasteiger partial charge < -0.3 is 24.4 Å². The van der Waals surface area contributed by atoms with Crippen LogP contribution in [0.5, 0.6) is 11.5 Å². The van der Waals surface area contributed by atoms with Gasteiger partial charge in [0.2, 0.25) is 0 Å². The molecule has 1 heterocycles. The third kappa shape index (κ3) is 4.61. The summed E-state index contributed by atoms with van der Waals surface area (Å²) in [6, 6.07) is 5.95. The van der Waals surface area contributed by atoms with Crippen LogP contribution < -0.4 is 14.8 Å². The number of methoxy groups -OCH3 is 1. The van der Waals surface area contributed by atoms with E-state index in [1.54, 1.807) is 12.0 Å². The second-order valence-corrected chi connectivity index (χ2v) is 8.33. The molecule has 6 nitrogen and oxygen atoms in total. The number of hydrogen-bond acceptors (Lipinski definition) is 5. The standard InChI is InChI=1S/C22H32N2O4/c1-26-21-12-17(13-23-14-19-11-16-2-4-18(19)10-16)3-5-20(21)28-15-22(25)24-6-8-27-9-7-24/h3,5,12,16,18-19,23H,2,4,6-11,13-15H2,1H3. The summed E-state index contributed by atoms with van der Waals surface area (Å²) in [6.07, 6.45) is 5.74. The Morgan fingerprint density at radius 3 is 2.79 bits per heavy atom. The number of benzene rings is 1. The second kappa shape index (κ2) is 9.14. The Bertz CT molecular complexity index is 675. The highest BCUT2D eigenvalue weighted by Gasteiger charge is 2.38. The lowest BCUT2D eigenvalue weighted by Crippen LogP contribution is -2.43. The minimum atomic E-state index is -0.0121. The highest BCUT2D eigenvalue weighted by Crippen LogP contribution is 2.47. The maximum atomic E-state index is 12.3. The molecule has 0 aromatic heterocycles. The lowest BCUT2D eigenvalue weighted by molar-refractivity contribution is -0.137. The molecule has 1 N–H and O–H groups in total. The normalized spacial score (nSPS) is 26.5. The zero-order chi connectivity index (χ0) is 19.3. The fraction of sp³-hybridized carbons (Fsp3) is 0.682. The van der Waals surface area contributed by atoms with Gasteiger partial charge in [0.05, 0.1) is 20.3 Å². The minimum absolute atomic E-state index is 0.0121. The lowest BCUT2D eigenvalue weighted by atomic mass is 9.89. The zero-order valence-electron chi connectivity index (χ0n) is 16.8. The van der Waals surface area contributed by atoms with Crippen molar-refractivity contribution in [3.63, 3.8) is 0 Å². The number of rotatable bonds is 8. The van der Waals surface area contributed by atoms with E-state index in [2.05, 4.69) is 5.32 Å². The molecular weight excluding hydrogens is 356 g/mol. The van der Waals surface area contributed by atoms with E-state index in [4.69, 9.17) is 14.2 Å². The van der Waals surface area contributed by atoms with Gasteiger partial charge in [0.1, 0.15) is 0 Å². The van der Waals surface area contributed by atoms with Crippen LogP contribution in [0.4, 0.5) is 0 Å². The first-order chi connectivity index (χ1) is 13.7. The van der Waals surface area contributed by atoms with Gasteiger partial charge in [-0.2, -0.15) is 0 Å². The molecule has 4 rings (SSSR count). The number of nitrogens with zero attached hydrogens (tertiary/aromatic N) is 1. The van der Waals surface area contributed by atoms with Crippen LogP contribution >= 0.6 is 0 Å².